The number of rotatable bonds is 7. The molecule has 5 heteroatoms. The van der Waals surface area contributed by atoms with Crippen LogP contribution in [0.2, 0.25) is 0 Å². The highest BCUT2D eigenvalue weighted by atomic mass is 16.5. The lowest BCUT2D eigenvalue weighted by atomic mass is 9.97. The lowest BCUT2D eigenvalue weighted by molar-refractivity contribution is 0.141. The maximum atomic E-state index is 10.5. The lowest BCUT2D eigenvalue weighted by Gasteiger charge is -2.18. The molecule has 0 unspecified atom stereocenters. The maximum Gasteiger partial charge on any atom is 0.123 e. The third-order valence-electron chi connectivity index (χ3n) is 4.97. The molecule has 0 spiro atoms. The molecule has 3 rings (SSSR count). The molecule has 0 bridgehead atoms. The summed E-state index contributed by atoms with van der Waals surface area (Å²) in [6.45, 7) is 3.35. The molecule has 1 saturated heterocycles. The van der Waals surface area contributed by atoms with Crippen LogP contribution in [0.1, 0.15) is 16.7 Å². The van der Waals surface area contributed by atoms with Crippen LogP contribution >= 0.6 is 0 Å². The number of pyridine rings is 1. The fraction of sp³-hybridized carbons (Fsp3) is 0.476. The summed E-state index contributed by atoms with van der Waals surface area (Å²) in [5, 5.41) is 10.5. The molecule has 1 fully saturated rings. The van der Waals surface area contributed by atoms with E-state index in [2.05, 4.69) is 47.1 Å². The van der Waals surface area contributed by atoms with E-state index in [9.17, 15) is 5.11 Å². The van der Waals surface area contributed by atoms with E-state index in [1.54, 1.807) is 7.11 Å². The van der Waals surface area contributed by atoms with Crippen molar-refractivity contribution in [3.8, 4) is 5.75 Å². The Morgan fingerprint density at radius 1 is 1.15 bits per heavy atom. The molecule has 1 aromatic carbocycles. The SMILES string of the molecule is COc1ccc(CN2C[C@@H](Cc3ccncc3)[C@H](O)C2)cc1CN(C)C. The van der Waals surface area contributed by atoms with Crippen molar-refractivity contribution in [2.75, 3.05) is 34.3 Å². The Labute approximate surface area is 156 Å². The maximum absolute atomic E-state index is 10.5. The Kier molecular flexibility index (Phi) is 6.25. The van der Waals surface area contributed by atoms with Crippen molar-refractivity contribution < 1.29 is 9.84 Å². The second kappa shape index (κ2) is 8.62. The van der Waals surface area contributed by atoms with Crippen molar-refractivity contribution >= 4 is 0 Å². The van der Waals surface area contributed by atoms with E-state index < -0.39 is 0 Å². The van der Waals surface area contributed by atoms with Crippen LogP contribution in [0.3, 0.4) is 0 Å². The first kappa shape index (κ1) is 18.8. The minimum atomic E-state index is -0.275. The predicted molar refractivity (Wildman–Crippen MR) is 103 cm³/mol. The molecule has 0 saturated carbocycles. The number of aliphatic hydroxyl groups excluding tert-OH is 1. The summed E-state index contributed by atoms with van der Waals surface area (Å²) in [5.74, 6) is 1.20. The van der Waals surface area contributed by atoms with Gasteiger partial charge in [-0.2, -0.15) is 0 Å². The molecule has 0 amide bonds. The van der Waals surface area contributed by atoms with Gasteiger partial charge in [0, 0.05) is 50.1 Å². The Hall–Kier alpha value is -1.95. The van der Waals surface area contributed by atoms with E-state index in [0.717, 1.165) is 38.3 Å². The number of aromatic nitrogens is 1. The molecule has 140 valence electrons. The van der Waals surface area contributed by atoms with Crippen molar-refractivity contribution in [3.05, 3.63) is 59.4 Å². The average molecular weight is 355 g/mol. The fourth-order valence-corrected chi connectivity index (χ4v) is 3.75. The third kappa shape index (κ3) is 4.81. The Morgan fingerprint density at radius 2 is 1.92 bits per heavy atom. The van der Waals surface area contributed by atoms with Gasteiger partial charge in [0.15, 0.2) is 0 Å². The molecular weight excluding hydrogens is 326 g/mol. The molecule has 0 radical (unpaired) electrons. The number of likely N-dealkylation sites (tertiary alicyclic amines) is 1. The van der Waals surface area contributed by atoms with Crippen LogP contribution in [-0.2, 0) is 19.5 Å². The smallest absolute Gasteiger partial charge is 0.123 e. The van der Waals surface area contributed by atoms with Crippen molar-refractivity contribution in [2.45, 2.75) is 25.6 Å². The molecule has 2 aromatic rings. The minimum Gasteiger partial charge on any atom is -0.496 e. The first-order chi connectivity index (χ1) is 12.5. The van der Waals surface area contributed by atoms with Crippen molar-refractivity contribution in [3.63, 3.8) is 0 Å². The largest absolute Gasteiger partial charge is 0.496 e. The van der Waals surface area contributed by atoms with E-state index in [1.807, 2.05) is 24.5 Å². The summed E-state index contributed by atoms with van der Waals surface area (Å²) in [5.41, 5.74) is 3.70. The Morgan fingerprint density at radius 3 is 2.62 bits per heavy atom. The van der Waals surface area contributed by atoms with Gasteiger partial charge in [-0.15, -0.1) is 0 Å². The van der Waals surface area contributed by atoms with Crippen LogP contribution < -0.4 is 4.74 Å². The molecule has 2 atom stereocenters. The van der Waals surface area contributed by atoms with Gasteiger partial charge in [0.05, 0.1) is 13.2 Å². The highest BCUT2D eigenvalue weighted by Crippen LogP contribution is 2.25. The number of methoxy groups -OCH3 is 1. The van der Waals surface area contributed by atoms with Gasteiger partial charge in [0.2, 0.25) is 0 Å². The zero-order chi connectivity index (χ0) is 18.5. The van der Waals surface area contributed by atoms with Gasteiger partial charge in [0.25, 0.3) is 0 Å². The zero-order valence-corrected chi connectivity index (χ0v) is 15.9. The summed E-state index contributed by atoms with van der Waals surface area (Å²) in [6.07, 6.45) is 4.26. The van der Waals surface area contributed by atoms with Gasteiger partial charge in [0.1, 0.15) is 5.75 Å². The van der Waals surface area contributed by atoms with Crippen LogP contribution in [0.25, 0.3) is 0 Å². The minimum absolute atomic E-state index is 0.275. The molecule has 1 aromatic heterocycles. The molecule has 1 aliphatic heterocycles. The van der Waals surface area contributed by atoms with Crippen LogP contribution in [-0.4, -0.2) is 60.3 Å². The second-order valence-corrected chi connectivity index (χ2v) is 7.47. The summed E-state index contributed by atoms with van der Waals surface area (Å²) < 4.78 is 5.49. The predicted octanol–water partition coefficient (Wildman–Crippen LogP) is 2.19. The van der Waals surface area contributed by atoms with Gasteiger partial charge >= 0.3 is 0 Å². The lowest BCUT2D eigenvalue weighted by Crippen LogP contribution is -2.21. The third-order valence-corrected chi connectivity index (χ3v) is 4.97. The highest BCUT2D eigenvalue weighted by Gasteiger charge is 2.31. The number of aliphatic hydroxyl groups is 1. The quantitative estimate of drug-likeness (QED) is 0.825. The molecule has 1 aliphatic rings. The summed E-state index contributed by atoms with van der Waals surface area (Å²) in [7, 11) is 5.84. The highest BCUT2D eigenvalue weighted by molar-refractivity contribution is 5.37. The van der Waals surface area contributed by atoms with Gasteiger partial charge < -0.3 is 14.7 Å². The van der Waals surface area contributed by atoms with E-state index in [0.29, 0.717) is 0 Å². The van der Waals surface area contributed by atoms with Crippen molar-refractivity contribution in [1.82, 2.24) is 14.8 Å². The number of benzene rings is 1. The molecule has 2 heterocycles. The zero-order valence-electron chi connectivity index (χ0n) is 15.9. The van der Waals surface area contributed by atoms with Crippen molar-refractivity contribution in [2.24, 2.45) is 5.92 Å². The number of hydrogen-bond acceptors (Lipinski definition) is 5. The Bertz CT molecular complexity index is 706. The van der Waals surface area contributed by atoms with E-state index in [-0.39, 0.29) is 12.0 Å². The van der Waals surface area contributed by atoms with Crippen LogP contribution in [0.5, 0.6) is 5.75 Å². The fourth-order valence-electron chi connectivity index (χ4n) is 3.75. The molecule has 1 N–H and O–H groups in total. The van der Waals surface area contributed by atoms with Gasteiger partial charge in [-0.3, -0.25) is 9.88 Å². The van der Waals surface area contributed by atoms with Crippen LogP contribution in [0, 0.1) is 5.92 Å². The number of β-amino-alcohol motifs (C(OH)–C–C–N with tert-alkyl or cyclic N) is 1. The summed E-state index contributed by atoms with van der Waals surface area (Å²) >= 11 is 0. The first-order valence-electron chi connectivity index (χ1n) is 9.15. The van der Waals surface area contributed by atoms with E-state index in [1.165, 1.54) is 16.7 Å². The summed E-state index contributed by atoms with van der Waals surface area (Å²) in [4.78, 5) is 8.56. The number of ether oxygens (including phenoxy) is 1. The topological polar surface area (TPSA) is 48.8 Å². The molecule has 5 nitrogen and oxygen atoms in total. The van der Waals surface area contributed by atoms with E-state index in [4.69, 9.17) is 4.74 Å². The molecule has 0 aliphatic carbocycles. The normalized spacial score (nSPS) is 20.7. The van der Waals surface area contributed by atoms with Gasteiger partial charge in [-0.25, -0.2) is 0 Å². The summed E-state index contributed by atoms with van der Waals surface area (Å²) in [6, 6.07) is 10.5. The standard InChI is InChI=1S/C21H29N3O2/c1-23(2)13-19-11-17(4-5-21(19)26-3)12-24-14-18(20(25)15-24)10-16-6-8-22-9-7-16/h4-9,11,18,20,25H,10,12-15H2,1-3H3/t18-,20-/m1/s1. The van der Waals surface area contributed by atoms with Gasteiger partial charge in [-0.05, 0) is 55.9 Å². The first-order valence-corrected chi connectivity index (χ1v) is 9.15. The van der Waals surface area contributed by atoms with E-state index >= 15 is 0 Å². The number of hydrogen-bond donors (Lipinski definition) is 1. The molecule has 26 heavy (non-hydrogen) atoms. The van der Waals surface area contributed by atoms with Crippen LogP contribution in [0.15, 0.2) is 42.7 Å². The monoisotopic (exact) mass is 355 g/mol. The average Bonchev–Trinajstić information content (AvgIpc) is 2.94. The van der Waals surface area contributed by atoms with Gasteiger partial charge in [-0.1, -0.05) is 6.07 Å². The van der Waals surface area contributed by atoms with Crippen LogP contribution in [0.4, 0.5) is 0 Å². The Balaban J connectivity index is 1.64. The molecular formula is C21H29N3O2. The second-order valence-electron chi connectivity index (χ2n) is 7.47. The number of nitrogens with zero attached hydrogens (tertiary/aromatic N) is 3. The van der Waals surface area contributed by atoms with Crippen molar-refractivity contribution in [1.29, 1.82) is 0 Å².